The van der Waals surface area contributed by atoms with Gasteiger partial charge in [-0.1, -0.05) is 36.4 Å². The molecule has 0 aliphatic carbocycles. The van der Waals surface area contributed by atoms with E-state index in [2.05, 4.69) is 27.6 Å². The predicted molar refractivity (Wildman–Crippen MR) is 112 cm³/mol. The molecule has 0 aliphatic rings. The fraction of sp³-hybridized carbons (Fsp3) is 0.182. The first-order valence-corrected chi connectivity index (χ1v) is 9.32. The van der Waals surface area contributed by atoms with Crippen molar-refractivity contribution < 1.29 is 4.74 Å². The molecule has 0 saturated carbocycles. The van der Waals surface area contributed by atoms with E-state index in [1.807, 2.05) is 78.4 Å². The Bertz CT molecular complexity index is 1060. The van der Waals surface area contributed by atoms with Crippen molar-refractivity contribution >= 4 is 11.5 Å². The second-order valence-corrected chi connectivity index (χ2v) is 6.61. The molecule has 2 heterocycles. The Balaban J connectivity index is 1.71. The molecular formula is C22H23N5O. The van der Waals surface area contributed by atoms with E-state index < -0.39 is 0 Å². The van der Waals surface area contributed by atoms with Crippen molar-refractivity contribution in [3.63, 3.8) is 0 Å². The van der Waals surface area contributed by atoms with Gasteiger partial charge in [0.05, 0.1) is 11.8 Å². The molecule has 0 radical (unpaired) electrons. The van der Waals surface area contributed by atoms with E-state index in [4.69, 9.17) is 4.74 Å². The maximum absolute atomic E-state index is 6.12. The van der Waals surface area contributed by atoms with Crippen LogP contribution in [0.1, 0.15) is 6.92 Å². The Hall–Kier alpha value is -3.38. The van der Waals surface area contributed by atoms with Gasteiger partial charge in [0.15, 0.2) is 5.65 Å². The molecule has 4 rings (SSSR count). The van der Waals surface area contributed by atoms with Crippen LogP contribution in [0.4, 0.5) is 5.82 Å². The highest BCUT2D eigenvalue weighted by molar-refractivity contribution is 5.82. The van der Waals surface area contributed by atoms with Crippen LogP contribution in [0.2, 0.25) is 0 Å². The lowest BCUT2D eigenvalue weighted by Gasteiger charge is -2.13. The molecule has 0 fully saturated rings. The Morgan fingerprint density at radius 2 is 1.79 bits per heavy atom. The van der Waals surface area contributed by atoms with Gasteiger partial charge >= 0.3 is 0 Å². The summed E-state index contributed by atoms with van der Waals surface area (Å²) in [5, 5.41) is 11.2. The number of ether oxygens (including phenoxy) is 1. The minimum absolute atomic E-state index is 0.346. The average Bonchev–Trinajstić information content (AvgIpc) is 3.18. The fourth-order valence-corrected chi connectivity index (χ4v) is 2.97. The van der Waals surface area contributed by atoms with Gasteiger partial charge in [-0.15, -0.1) is 0 Å². The lowest BCUT2D eigenvalue weighted by molar-refractivity contribution is 0.484. The van der Waals surface area contributed by atoms with Gasteiger partial charge in [-0.25, -0.2) is 4.98 Å². The van der Waals surface area contributed by atoms with Crippen LogP contribution in [-0.4, -0.2) is 34.2 Å². The van der Waals surface area contributed by atoms with E-state index in [-0.39, 0.29) is 0 Å². The zero-order valence-corrected chi connectivity index (χ0v) is 16.0. The molecule has 142 valence electrons. The van der Waals surface area contributed by atoms with E-state index >= 15 is 0 Å². The van der Waals surface area contributed by atoms with Gasteiger partial charge in [-0.05, 0) is 38.2 Å². The van der Waals surface area contributed by atoms with Crippen molar-refractivity contribution in [2.24, 2.45) is 0 Å². The average molecular weight is 373 g/mol. The summed E-state index contributed by atoms with van der Waals surface area (Å²) in [6.45, 7) is 2.91. The number of aromatic nitrogens is 3. The van der Waals surface area contributed by atoms with Crippen LogP contribution in [-0.2, 0) is 0 Å². The SMILES string of the molecule is CNC(C)CNc1ccnc2c(-c3ccccc3Oc3ccccc3)cnn12. The minimum Gasteiger partial charge on any atom is -0.457 e. The summed E-state index contributed by atoms with van der Waals surface area (Å²) in [6.07, 6.45) is 3.63. The molecule has 6 nitrogen and oxygen atoms in total. The van der Waals surface area contributed by atoms with Crippen molar-refractivity contribution in [2.75, 3.05) is 18.9 Å². The zero-order valence-electron chi connectivity index (χ0n) is 16.0. The van der Waals surface area contributed by atoms with Crippen LogP contribution in [0.3, 0.4) is 0 Å². The largest absolute Gasteiger partial charge is 0.457 e. The number of para-hydroxylation sites is 2. The van der Waals surface area contributed by atoms with Crippen molar-refractivity contribution in [1.29, 1.82) is 0 Å². The third-order valence-corrected chi connectivity index (χ3v) is 4.63. The normalized spacial score (nSPS) is 12.1. The molecule has 0 bridgehead atoms. The summed E-state index contributed by atoms with van der Waals surface area (Å²) in [6, 6.07) is 20.0. The third-order valence-electron chi connectivity index (χ3n) is 4.63. The van der Waals surface area contributed by atoms with E-state index in [0.29, 0.717) is 6.04 Å². The molecule has 28 heavy (non-hydrogen) atoms. The van der Waals surface area contributed by atoms with Crippen LogP contribution in [0.25, 0.3) is 16.8 Å². The summed E-state index contributed by atoms with van der Waals surface area (Å²) >= 11 is 0. The Morgan fingerprint density at radius 1 is 1.00 bits per heavy atom. The van der Waals surface area contributed by atoms with E-state index in [1.165, 1.54) is 0 Å². The zero-order chi connectivity index (χ0) is 19.3. The van der Waals surface area contributed by atoms with Gasteiger partial charge in [-0.2, -0.15) is 9.61 Å². The maximum Gasteiger partial charge on any atom is 0.165 e. The Labute approximate surface area is 164 Å². The number of anilines is 1. The molecule has 1 unspecified atom stereocenters. The molecule has 0 saturated heterocycles. The van der Waals surface area contributed by atoms with Crippen molar-refractivity contribution in [1.82, 2.24) is 19.9 Å². The van der Waals surface area contributed by atoms with Crippen LogP contribution >= 0.6 is 0 Å². The predicted octanol–water partition coefficient (Wildman–Crippen LogP) is 4.21. The second-order valence-electron chi connectivity index (χ2n) is 6.61. The molecule has 1 atom stereocenters. The van der Waals surface area contributed by atoms with Crippen LogP contribution in [0.15, 0.2) is 73.1 Å². The minimum atomic E-state index is 0.346. The number of nitrogens with one attached hydrogen (secondary N) is 2. The Kier molecular flexibility index (Phi) is 5.21. The van der Waals surface area contributed by atoms with Gasteiger partial charge in [0.2, 0.25) is 0 Å². The number of rotatable bonds is 7. The van der Waals surface area contributed by atoms with Gasteiger partial charge in [0, 0.05) is 24.3 Å². The van der Waals surface area contributed by atoms with Crippen molar-refractivity contribution in [3.05, 3.63) is 73.1 Å². The molecule has 2 aromatic heterocycles. The van der Waals surface area contributed by atoms with Gasteiger partial charge in [0.25, 0.3) is 0 Å². The first-order valence-electron chi connectivity index (χ1n) is 9.32. The first kappa shape index (κ1) is 18.0. The summed E-state index contributed by atoms with van der Waals surface area (Å²) < 4.78 is 7.95. The monoisotopic (exact) mass is 373 g/mol. The molecule has 0 amide bonds. The topological polar surface area (TPSA) is 63.5 Å². The molecule has 0 spiro atoms. The summed E-state index contributed by atoms with van der Waals surface area (Å²) in [7, 11) is 1.95. The second kappa shape index (κ2) is 8.10. The number of nitrogens with zero attached hydrogens (tertiary/aromatic N) is 3. The van der Waals surface area contributed by atoms with Crippen molar-refractivity contribution in [2.45, 2.75) is 13.0 Å². The standard InChI is InChI=1S/C22H23N5O/c1-16(23-2)14-25-21-12-13-24-22-19(15-26-27(21)22)18-10-6-7-11-20(18)28-17-8-4-3-5-9-17/h3-13,15-16,23,25H,14H2,1-2H3. The van der Waals surface area contributed by atoms with Gasteiger partial charge in [0.1, 0.15) is 17.3 Å². The highest BCUT2D eigenvalue weighted by atomic mass is 16.5. The molecule has 6 heteroatoms. The molecule has 4 aromatic rings. The fourth-order valence-electron chi connectivity index (χ4n) is 2.97. The third kappa shape index (κ3) is 3.68. The number of hydrogen-bond acceptors (Lipinski definition) is 5. The van der Waals surface area contributed by atoms with E-state index in [1.54, 1.807) is 6.20 Å². The summed E-state index contributed by atoms with van der Waals surface area (Å²) in [4.78, 5) is 4.56. The molecule has 2 N–H and O–H groups in total. The first-order chi connectivity index (χ1) is 13.8. The van der Waals surface area contributed by atoms with E-state index in [9.17, 15) is 0 Å². The van der Waals surface area contributed by atoms with E-state index in [0.717, 1.165) is 40.6 Å². The number of hydrogen-bond donors (Lipinski definition) is 2. The van der Waals surface area contributed by atoms with Crippen molar-refractivity contribution in [3.8, 4) is 22.6 Å². The smallest absolute Gasteiger partial charge is 0.165 e. The lowest BCUT2D eigenvalue weighted by atomic mass is 10.1. The van der Waals surface area contributed by atoms with Crippen LogP contribution in [0, 0.1) is 0 Å². The summed E-state index contributed by atoms with van der Waals surface area (Å²) in [5.41, 5.74) is 2.66. The van der Waals surface area contributed by atoms with Gasteiger partial charge in [-0.3, -0.25) is 0 Å². The quantitative estimate of drug-likeness (QED) is 0.508. The highest BCUT2D eigenvalue weighted by Gasteiger charge is 2.15. The number of fused-ring (bicyclic) bond motifs is 1. The van der Waals surface area contributed by atoms with Crippen LogP contribution in [0.5, 0.6) is 11.5 Å². The highest BCUT2D eigenvalue weighted by Crippen LogP contribution is 2.35. The molecular weight excluding hydrogens is 350 g/mol. The number of benzene rings is 2. The van der Waals surface area contributed by atoms with Crippen LogP contribution < -0.4 is 15.4 Å². The van der Waals surface area contributed by atoms with Gasteiger partial charge < -0.3 is 15.4 Å². The molecule has 2 aromatic carbocycles. The lowest BCUT2D eigenvalue weighted by Crippen LogP contribution is -2.29. The summed E-state index contributed by atoms with van der Waals surface area (Å²) in [5.74, 6) is 2.47. The molecule has 0 aliphatic heterocycles. The maximum atomic E-state index is 6.12. The number of likely N-dealkylation sites (N-methyl/N-ethyl adjacent to an activating group) is 1. The Morgan fingerprint density at radius 3 is 2.61 bits per heavy atom.